The van der Waals surface area contributed by atoms with Gasteiger partial charge in [0.1, 0.15) is 13.2 Å². The number of carbonyl (C=O) groups excluding carboxylic acids is 2. The van der Waals surface area contributed by atoms with Crippen LogP contribution >= 0.6 is 0 Å². The molecule has 0 saturated heterocycles. The fourth-order valence-corrected chi connectivity index (χ4v) is 5.67. The number of unbranched alkanes of at least 4 members (excludes halogenated alkanes) is 4. The number of azo groups is 2. The van der Waals surface area contributed by atoms with Crippen LogP contribution < -0.4 is 9.80 Å². The quantitative estimate of drug-likeness (QED) is 0.0217. The first-order valence-corrected chi connectivity index (χ1v) is 19.0. The van der Waals surface area contributed by atoms with E-state index in [-0.39, 0.29) is 36.5 Å². The van der Waals surface area contributed by atoms with E-state index in [9.17, 15) is 29.8 Å². The summed E-state index contributed by atoms with van der Waals surface area (Å²) in [5, 5.41) is 38.3. The van der Waals surface area contributed by atoms with Gasteiger partial charge in [-0.15, -0.1) is 0 Å². The predicted octanol–water partition coefficient (Wildman–Crippen LogP) is 10.5. The van der Waals surface area contributed by atoms with Gasteiger partial charge in [0, 0.05) is 61.6 Å². The van der Waals surface area contributed by atoms with Crippen LogP contribution in [0.25, 0.3) is 0 Å². The van der Waals surface area contributed by atoms with Crippen molar-refractivity contribution in [2.45, 2.75) is 58.8 Å². The molecule has 0 radical (unpaired) electrons. The van der Waals surface area contributed by atoms with E-state index in [0.717, 1.165) is 56.6 Å². The van der Waals surface area contributed by atoms with Gasteiger partial charge in [-0.3, -0.25) is 29.8 Å². The molecule has 0 aliphatic carbocycles. The van der Waals surface area contributed by atoms with E-state index < -0.39 is 9.85 Å². The summed E-state index contributed by atoms with van der Waals surface area (Å²) in [6.45, 7) is 7.16. The first kappa shape index (κ1) is 43.2. The van der Waals surface area contributed by atoms with Crippen molar-refractivity contribution in [3.8, 4) is 0 Å². The number of benzene rings is 4. The maximum absolute atomic E-state index is 12.3. The summed E-state index contributed by atoms with van der Waals surface area (Å²) >= 11 is 0. The standard InChI is InChI=1S/C41H48N8O8/c1-3-46(36-20-12-32(13-21-36)42-44-34-16-24-38(25-17-34)48(52)53)28-30-56-40(50)10-8-6-5-7-9-11-41(51)57-31-29-47(4-2)37-22-14-33(15-23-37)43-45-35-18-26-39(27-19-35)49(54)55/h12-27H,3-11,28-31H2,1-2H3. The van der Waals surface area contributed by atoms with Crippen molar-refractivity contribution in [2.75, 3.05) is 49.2 Å². The molecule has 0 aromatic heterocycles. The number of rotatable bonds is 24. The predicted molar refractivity (Wildman–Crippen MR) is 217 cm³/mol. The lowest BCUT2D eigenvalue weighted by atomic mass is 10.1. The largest absolute Gasteiger partial charge is 0.464 e. The van der Waals surface area contributed by atoms with Crippen LogP contribution in [-0.2, 0) is 19.1 Å². The number of carbonyl (C=O) groups is 2. The van der Waals surface area contributed by atoms with E-state index in [0.29, 0.717) is 48.7 Å². The minimum Gasteiger partial charge on any atom is -0.464 e. The Morgan fingerprint density at radius 1 is 0.509 bits per heavy atom. The summed E-state index contributed by atoms with van der Waals surface area (Å²) in [6.07, 6.45) is 4.83. The zero-order valence-corrected chi connectivity index (χ0v) is 32.3. The molecule has 0 spiro atoms. The first-order chi connectivity index (χ1) is 27.6. The molecule has 300 valence electrons. The van der Waals surface area contributed by atoms with Crippen molar-refractivity contribution in [3.63, 3.8) is 0 Å². The number of hydrogen-bond donors (Lipinski definition) is 0. The number of nitrogens with zero attached hydrogens (tertiary/aromatic N) is 8. The van der Waals surface area contributed by atoms with Crippen LogP contribution in [-0.4, -0.2) is 61.2 Å². The smallest absolute Gasteiger partial charge is 0.305 e. The Hall–Kier alpha value is -6.58. The van der Waals surface area contributed by atoms with Crippen LogP contribution in [0, 0.1) is 20.2 Å². The van der Waals surface area contributed by atoms with Crippen LogP contribution in [0.2, 0.25) is 0 Å². The number of non-ortho nitro benzene ring substituents is 2. The van der Waals surface area contributed by atoms with Crippen molar-refractivity contribution in [2.24, 2.45) is 20.5 Å². The Morgan fingerprint density at radius 3 is 1.11 bits per heavy atom. The van der Waals surface area contributed by atoms with Crippen molar-refractivity contribution in [1.29, 1.82) is 0 Å². The van der Waals surface area contributed by atoms with Crippen LogP contribution in [0.1, 0.15) is 58.8 Å². The van der Waals surface area contributed by atoms with Crippen molar-refractivity contribution < 1.29 is 28.9 Å². The minimum absolute atomic E-state index is 0.00481. The molecular formula is C41H48N8O8. The molecule has 0 N–H and O–H groups in total. The third kappa shape index (κ3) is 15.2. The molecule has 0 bridgehead atoms. The number of ether oxygens (including phenoxy) is 2. The highest BCUT2D eigenvalue weighted by atomic mass is 16.6. The number of hydrogen-bond acceptors (Lipinski definition) is 14. The minimum atomic E-state index is -0.463. The Bertz CT molecular complexity index is 1800. The van der Waals surface area contributed by atoms with Crippen LogP contribution in [0.3, 0.4) is 0 Å². The molecule has 16 nitrogen and oxygen atoms in total. The molecule has 0 unspecified atom stereocenters. The van der Waals surface area contributed by atoms with E-state index in [4.69, 9.17) is 9.47 Å². The average Bonchev–Trinajstić information content (AvgIpc) is 3.23. The lowest BCUT2D eigenvalue weighted by Gasteiger charge is -2.23. The molecule has 57 heavy (non-hydrogen) atoms. The third-order valence-electron chi connectivity index (χ3n) is 8.89. The van der Waals surface area contributed by atoms with E-state index in [1.165, 1.54) is 24.3 Å². The van der Waals surface area contributed by atoms with Crippen LogP contribution in [0.15, 0.2) is 118 Å². The normalized spacial score (nSPS) is 11.1. The molecule has 0 amide bonds. The summed E-state index contributed by atoms with van der Waals surface area (Å²) in [5.41, 5.74) is 4.22. The van der Waals surface area contributed by atoms with E-state index >= 15 is 0 Å². The van der Waals surface area contributed by atoms with E-state index in [2.05, 4.69) is 30.3 Å². The van der Waals surface area contributed by atoms with Gasteiger partial charge in [-0.1, -0.05) is 19.3 Å². The van der Waals surface area contributed by atoms with Gasteiger partial charge in [-0.25, -0.2) is 0 Å². The van der Waals surface area contributed by atoms with Gasteiger partial charge in [0.05, 0.1) is 45.7 Å². The molecule has 4 aromatic carbocycles. The molecule has 4 aromatic rings. The second-order valence-corrected chi connectivity index (χ2v) is 12.8. The number of nitro groups is 2. The van der Waals surface area contributed by atoms with E-state index in [1.807, 2.05) is 62.4 Å². The van der Waals surface area contributed by atoms with Gasteiger partial charge in [-0.05, 0) is 99.5 Å². The topological polar surface area (TPSA) is 195 Å². The first-order valence-electron chi connectivity index (χ1n) is 19.0. The highest BCUT2D eigenvalue weighted by Crippen LogP contribution is 2.25. The summed E-state index contributed by atoms with van der Waals surface area (Å²) in [4.78, 5) is 49.5. The average molecular weight is 781 g/mol. The van der Waals surface area contributed by atoms with Gasteiger partial charge >= 0.3 is 11.9 Å². The fourth-order valence-electron chi connectivity index (χ4n) is 5.67. The molecule has 0 aliphatic heterocycles. The van der Waals surface area contributed by atoms with Gasteiger partial charge in [0.25, 0.3) is 11.4 Å². The van der Waals surface area contributed by atoms with Crippen LogP contribution in [0.5, 0.6) is 0 Å². The van der Waals surface area contributed by atoms with Crippen LogP contribution in [0.4, 0.5) is 45.5 Å². The Labute approximate surface area is 331 Å². The Kier molecular flexibility index (Phi) is 17.7. The highest BCUT2D eigenvalue weighted by Gasteiger charge is 2.10. The number of likely N-dealkylation sites (N-methyl/N-ethyl adjacent to an activating group) is 2. The maximum atomic E-state index is 12.3. The number of anilines is 2. The molecule has 4 rings (SSSR count). The van der Waals surface area contributed by atoms with Crippen molar-refractivity contribution in [1.82, 2.24) is 0 Å². The SMILES string of the molecule is CCN(CCOC(=O)CCCCCCCC(=O)OCCN(CC)c1ccc(N=Nc2ccc([N+](=O)[O-])cc2)cc1)c1ccc(N=Nc2ccc([N+](=O)[O-])cc2)cc1. The lowest BCUT2D eigenvalue weighted by Crippen LogP contribution is -2.27. The van der Waals surface area contributed by atoms with Gasteiger partial charge in [0.2, 0.25) is 0 Å². The summed E-state index contributed by atoms with van der Waals surface area (Å²) in [5.74, 6) is -0.446. The van der Waals surface area contributed by atoms with E-state index in [1.54, 1.807) is 24.3 Å². The fraction of sp³-hybridized carbons (Fsp3) is 0.366. The summed E-state index contributed by atoms with van der Waals surface area (Å²) in [6, 6.07) is 26.7. The molecule has 0 aliphatic rings. The molecular weight excluding hydrogens is 732 g/mol. The lowest BCUT2D eigenvalue weighted by molar-refractivity contribution is -0.385. The van der Waals surface area contributed by atoms with Gasteiger partial charge in [-0.2, -0.15) is 20.5 Å². The molecule has 0 fully saturated rings. The molecule has 16 heteroatoms. The zero-order valence-electron chi connectivity index (χ0n) is 32.3. The monoisotopic (exact) mass is 780 g/mol. The summed E-state index contributed by atoms with van der Waals surface area (Å²) < 4.78 is 10.9. The summed E-state index contributed by atoms with van der Waals surface area (Å²) in [7, 11) is 0. The van der Waals surface area contributed by atoms with Crippen molar-refractivity contribution in [3.05, 3.63) is 117 Å². The van der Waals surface area contributed by atoms with Crippen molar-refractivity contribution >= 4 is 57.4 Å². The Balaban J connectivity index is 1.02. The maximum Gasteiger partial charge on any atom is 0.305 e. The molecule has 0 atom stereocenters. The second-order valence-electron chi connectivity index (χ2n) is 12.8. The molecule has 0 saturated carbocycles. The number of esters is 2. The van der Waals surface area contributed by atoms with Gasteiger partial charge in [0.15, 0.2) is 0 Å². The second kappa shape index (κ2) is 23.4. The Morgan fingerprint density at radius 2 is 0.807 bits per heavy atom. The van der Waals surface area contributed by atoms with Gasteiger partial charge < -0.3 is 19.3 Å². The number of nitro benzene ring substituents is 2. The molecule has 0 heterocycles. The zero-order chi connectivity index (χ0) is 40.8. The highest BCUT2D eigenvalue weighted by molar-refractivity contribution is 5.69. The third-order valence-corrected chi connectivity index (χ3v) is 8.89.